The van der Waals surface area contributed by atoms with E-state index in [-0.39, 0.29) is 23.8 Å². The summed E-state index contributed by atoms with van der Waals surface area (Å²) < 4.78 is 12.5. The van der Waals surface area contributed by atoms with Gasteiger partial charge in [0, 0.05) is 29.0 Å². The van der Waals surface area contributed by atoms with Gasteiger partial charge in [-0.05, 0) is 104 Å². The highest BCUT2D eigenvalue weighted by atomic mass is 33.1. The van der Waals surface area contributed by atoms with Crippen molar-refractivity contribution in [3.63, 3.8) is 0 Å². The lowest BCUT2D eigenvalue weighted by atomic mass is 9.43. The van der Waals surface area contributed by atoms with Gasteiger partial charge in [-0.2, -0.15) is 0 Å². The maximum Gasteiger partial charge on any atom is 0.340 e. The Kier molecular flexibility index (Phi) is 6.67. The van der Waals surface area contributed by atoms with Crippen LogP contribution < -0.4 is 5.32 Å². The number of carbonyl (C=O) groups is 2. The van der Waals surface area contributed by atoms with E-state index in [0.717, 1.165) is 97.9 Å². The number of rotatable bonds is 2. The fourth-order valence-corrected chi connectivity index (χ4v) is 11.6. The first-order chi connectivity index (χ1) is 20.5. The van der Waals surface area contributed by atoms with E-state index < -0.39 is 5.41 Å². The minimum absolute atomic E-state index is 0.0567. The Morgan fingerprint density at radius 2 is 2.05 bits per heavy atom. The first-order valence-electron chi connectivity index (χ1n) is 15.8. The van der Waals surface area contributed by atoms with Gasteiger partial charge < -0.3 is 14.8 Å². The molecule has 0 aromatic carbocycles. The second-order valence-corrected chi connectivity index (χ2v) is 15.8. The van der Waals surface area contributed by atoms with Crippen LogP contribution in [0.2, 0.25) is 0 Å². The molecule has 7 bridgehead atoms. The molecule has 8 aliphatic rings. The van der Waals surface area contributed by atoms with Crippen LogP contribution in [0.25, 0.3) is 0 Å². The average Bonchev–Trinajstić information content (AvgIpc) is 3.48. The van der Waals surface area contributed by atoms with Gasteiger partial charge in [0.25, 0.3) is 0 Å². The normalized spacial score (nSPS) is 35.4. The van der Waals surface area contributed by atoms with Crippen LogP contribution in [0.4, 0.5) is 5.82 Å². The van der Waals surface area contributed by atoms with Crippen molar-refractivity contribution in [2.45, 2.75) is 71.6 Å². The van der Waals surface area contributed by atoms with Gasteiger partial charge in [-0.15, -0.1) is 0 Å². The number of pyridine rings is 1. The van der Waals surface area contributed by atoms with E-state index in [1.54, 1.807) is 0 Å². The zero-order valence-electron chi connectivity index (χ0n) is 24.4. The van der Waals surface area contributed by atoms with Crippen molar-refractivity contribution in [1.82, 2.24) is 4.98 Å². The summed E-state index contributed by atoms with van der Waals surface area (Å²) in [5.41, 5.74) is 6.06. The monoisotopic (exact) mass is 602 g/mol. The molecule has 6 atom stereocenters. The van der Waals surface area contributed by atoms with Crippen LogP contribution in [-0.2, 0) is 25.5 Å². The predicted molar refractivity (Wildman–Crippen MR) is 166 cm³/mol. The number of carbonyl (C=O) groups excluding carboxylic acids is 2. The van der Waals surface area contributed by atoms with Gasteiger partial charge in [0.05, 0.1) is 16.9 Å². The molecule has 4 heterocycles. The second-order valence-electron chi connectivity index (χ2n) is 13.3. The largest absolute Gasteiger partial charge is 0.427 e. The molecule has 1 spiro atoms. The van der Waals surface area contributed by atoms with Crippen molar-refractivity contribution >= 4 is 39.3 Å². The van der Waals surface area contributed by atoms with Gasteiger partial charge in [0.1, 0.15) is 17.3 Å². The Hall–Kier alpha value is -2.45. The van der Waals surface area contributed by atoms with Gasteiger partial charge in [0.2, 0.25) is 0 Å². The molecule has 1 saturated carbocycles. The lowest BCUT2D eigenvalue weighted by Crippen LogP contribution is -2.53. The quantitative estimate of drug-likeness (QED) is 0.275. The molecule has 8 heteroatoms. The minimum atomic E-state index is -0.581. The molecule has 0 amide bonds. The highest BCUT2D eigenvalue weighted by molar-refractivity contribution is 8.76. The zero-order valence-corrected chi connectivity index (χ0v) is 26.0. The fourth-order valence-electron chi connectivity index (χ4n) is 9.39. The van der Waals surface area contributed by atoms with E-state index >= 15 is 0 Å². The second kappa shape index (κ2) is 10.3. The number of fused-ring (bicyclic) bond motifs is 3. The topological polar surface area (TPSA) is 77.5 Å². The Morgan fingerprint density at radius 3 is 2.93 bits per heavy atom. The van der Waals surface area contributed by atoms with E-state index in [0.29, 0.717) is 17.8 Å². The number of nitrogens with zero attached hydrogens (tertiary/aromatic N) is 1. The van der Waals surface area contributed by atoms with Crippen molar-refractivity contribution in [2.75, 3.05) is 16.9 Å². The number of nitrogens with one attached hydrogen (secondary N) is 1. The van der Waals surface area contributed by atoms with Crippen LogP contribution in [0.1, 0.15) is 70.8 Å². The smallest absolute Gasteiger partial charge is 0.340 e. The van der Waals surface area contributed by atoms with E-state index in [1.165, 1.54) is 22.3 Å². The van der Waals surface area contributed by atoms with Crippen LogP contribution in [0.15, 0.2) is 63.8 Å². The summed E-state index contributed by atoms with van der Waals surface area (Å²) in [6.45, 7) is 4.46. The zero-order chi connectivity index (χ0) is 28.6. The first-order valence-corrected chi connectivity index (χ1v) is 18.3. The number of anilines is 1. The predicted octanol–water partition coefficient (Wildman–Crippen LogP) is 7.52. The van der Waals surface area contributed by atoms with Crippen LogP contribution in [-0.4, -0.2) is 28.6 Å². The Balaban J connectivity index is 1.33. The van der Waals surface area contributed by atoms with Crippen molar-refractivity contribution in [1.29, 1.82) is 0 Å². The van der Waals surface area contributed by atoms with Gasteiger partial charge >= 0.3 is 11.9 Å². The number of hydrogen-bond donors (Lipinski definition) is 1. The number of allylic oxidation sites excluding steroid dienone is 5. The third-order valence-corrected chi connectivity index (χ3v) is 13.3. The van der Waals surface area contributed by atoms with Crippen LogP contribution in [0.5, 0.6) is 0 Å². The summed E-state index contributed by atoms with van der Waals surface area (Å²) in [5, 5.41) is 3.47. The molecular weight excluding hydrogens is 565 g/mol. The number of esters is 2. The summed E-state index contributed by atoms with van der Waals surface area (Å²) in [7, 11) is 3.68. The van der Waals surface area contributed by atoms with E-state index in [9.17, 15) is 9.59 Å². The molecule has 9 rings (SSSR count). The van der Waals surface area contributed by atoms with Crippen LogP contribution in [0, 0.1) is 35.0 Å². The summed E-state index contributed by atoms with van der Waals surface area (Å²) in [5.74, 6) is 5.32. The maximum atomic E-state index is 14.0. The van der Waals surface area contributed by atoms with Crippen molar-refractivity contribution in [3.05, 3.63) is 69.4 Å². The fraction of sp³-hybridized carbons (Fsp3) is 0.559. The molecule has 220 valence electrons. The molecule has 42 heavy (non-hydrogen) atoms. The van der Waals surface area contributed by atoms with Gasteiger partial charge in [-0.25, -0.2) is 14.6 Å². The molecule has 0 unspecified atom stereocenters. The standard InChI is InChI=1S/C34H38N2O4S2/c1-3-4-20-6-7-21-15-24-22-9-11-34(29(24)28-27(21)31(20)40-32(28)37)25-8-5-18(2)16-41-42-17-36-26-14-19(10-12-35-26)13-23(22)30(34)33(38)39-25/h8,10,12,14,18,21-22,24,29H,3-7,9,11,13,15-17H2,1-2H3,(H,35,36)/t18-,21+,22+,24+,29+,34-/m1/s1. The summed E-state index contributed by atoms with van der Waals surface area (Å²) in [6.07, 6.45) is 12.7. The Bertz CT molecular complexity index is 1510. The Labute approximate surface area is 255 Å². The van der Waals surface area contributed by atoms with Gasteiger partial charge in [-0.1, -0.05) is 47.4 Å². The van der Waals surface area contributed by atoms with Crippen molar-refractivity contribution < 1.29 is 19.1 Å². The van der Waals surface area contributed by atoms with Crippen molar-refractivity contribution in [3.8, 4) is 0 Å². The summed E-state index contributed by atoms with van der Waals surface area (Å²) in [4.78, 5) is 32.5. The van der Waals surface area contributed by atoms with Crippen molar-refractivity contribution in [2.24, 2.45) is 35.0 Å². The van der Waals surface area contributed by atoms with E-state index in [1.807, 2.05) is 27.8 Å². The molecule has 5 aliphatic carbocycles. The maximum absolute atomic E-state index is 14.0. The summed E-state index contributed by atoms with van der Waals surface area (Å²) >= 11 is 0. The third-order valence-electron chi connectivity index (χ3n) is 11.0. The Morgan fingerprint density at radius 1 is 1.14 bits per heavy atom. The molecule has 1 aromatic rings. The lowest BCUT2D eigenvalue weighted by Gasteiger charge is -2.57. The van der Waals surface area contributed by atoms with E-state index in [4.69, 9.17) is 9.47 Å². The number of ether oxygens (including phenoxy) is 2. The lowest BCUT2D eigenvalue weighted by molar-refractivity contribution is -0.135. The first kappa shape index (κ1) is 27.1. The molecule has 1 N–H and O–H groups in total. The average molecular weight is 603 g/mol. The van der Waals surface area contributed by atoms with Crippen LogP contribution in [0.3, 0.4) is 0 Å². The number of aromatic nitrogens is 1. The van der Waals surface area contributed by atoms with Crippen LogP contribution >= 0.6 is 21.6 Å². The highest BCUT2D eigenvalue weighted by Crippen LogP contribution is 2.72. The van der Waals surface area contributed by atoms with Gasteiger partial charge in [-0.3, -0.25) is 0 Å². The molecule has 0 radical (unpaired) electrons. The molecular formula is C34H38N2O4S2. The minimum Gasteiger partial charge on any atom is -0.427 e. The molecule has 2 fully saturated rings. The number of hydrogen-bond acceptors (Lipinski definition) is 8. The van der Waals surface area contributed by atoms with Gasteiger partial charge in [0.15, 0.2) is 0 Å². The third kappa shape index (κ3) is 3.96. The molecule has 6 nitrogen and oxygen atoms in total. The van der Waals surface area contributed by atoms with E-state index in [2.05, 4.69) is 42.4 Å². The molecule has 3 aliphatic heterocycles. The SMILES string of the molecule is CCCC1=C2OC(=O)C3=C2[C@@H](CC1)C[C@@H]1[C@@H]3[C@]23CC[C@H]1C1=C2C(=O)OC3=CC[C@@H](C)CSSCNc2cc(ccn2)C1. The highest BCUT2D eigenvalue weighted by Gasteiger charge is 2.69. The molecule has 1 saturated heterocycles. The molecule has 1 aromatic heterocycles. The summed E-state index contributed by atoms with van der Waals surface area (Å²) in [6, 6.07) is 4.22.